The van der Waals surface area contributed by atoms with Crippen LogP contribution in [0.25, 0.3) is 54.9 Å². The van der Waals surface area contributed by atoms with Crippen molar-refractivity contribution in [2.24, 2.45) is 0 Å². The average Bonchev–Trinajstić information content (AvgIpc) is 2.98. The van der Waals surface area contributed by atoms with Gasteiger partial charge in [0.05, 0.1) is 13.2 Å². The van der Waals surface area contributed by atoms with Gasteiger partial charge in [0.25, 0.3) is 0 Å². The highest BCUT2D eigenvalue weighted by Crippen LogP contribution is 2.50. The van der Waals surface area contributed by atoms with Crippen LogP contribution < -0.4 is 9.47 Å². The maximum absolute atomic E-state index is 6.59. The Labute approximate surface area is 244 Å². The van der Waals surface area contributed by atoms with E-state index < -0.39 is 0 Å². The van der Waals surface area contributed by atoms with Crippen molar-refractivity contribution in [2.45, 2.75) is 13.8 Å². The molecule has 6 aromatic carbocycles. The Morgan fingerprint density at radius 2 is 0.875 bits per heavy atom. The van der Waals surface area contributed by atoms with Gasteiger partial charge in [0.2, 0.25) is 0 Å². The third-order valence-corrected chi connectivity index (χ3v) is 7.62. The number of fused-ring (bicyclic) bond motifs is 2. The van der Waals surface area contributed by atoms with E-state index in [2.05, 4.69) is 48.5 Å². The highest BCUT2D eigenvalue weighted by Gasteiger charge is 2.23. The van der Waals surface area contributed by atoms with Crippen molar-refractivity contribution in [1.29, 1.82) is 0 Å². The molecular weight excluding hydrogens is 535 g/mol. The highest BCUT2D eigenvalue weighted by molar-refractivity contribution is 6.32. The van der Waals surface area contributed by atoms with Gasteiger partial charge in [-0.3, -0.25) is 0 Å². The molecule has 0 atom stereocenters. The average molecular weight is 564 g/mol. The second kappa shape index (κ2) is 11.3. The van der Waals surface area contributed by atoms with Gasteiger partial charge in [0.15, 0.2) is 0 Å². The number of halogens is 2. The van der Waals surface area contributed by atoms with Crippen LogP contribution in [0.3, 0.4) is 0 Å². The lowest BCUT2D eigenvalue weighted by atomic mass is 9.86. The van der Waals surface area contributed by atoms with Crippen LogP contribution in [-0.4, -0.2) is 13.2 Å². The number of ether oxygens (including phenoxy) is 2. The molecule has 0 saturated heterocycles. The van der Waals surface area contributed by atoms with Gasteiger partial charge in [-0.25, -0.2) is 0 Å². The van der Waals surface area contributed by atoms with Gasteiger partial charge in [-0.05, 0) is 94.0 Å². The lowest BCUT2D eigenvalue weighted by Gasteiger charge is -2.22. The second-order valence-electron chi connectivity index (χ2n) is 9.57. The summed E-state index contributed by atoms with van der Waals surface area (Å²) in [7, 11) is 0. The monoisotopic (exact) mass is 562 g/mol. The molecule has 40 heavy (non-hydrogen) atoms. The molecular formula is C36H28Cl2O2. The van der Waals surface area contributed by atoms with Gasteiger partial charge in [-0.2, -0.15) is 0 Å². The molecule has 0 saturated carbocycles. The van der Waals surface area contributed by atoms with Crippen LogP contribution in [0.2, 0.25) is 10.0 Å². The third kappa shape index (κ3) is 4.79. The lowest BCUT2D eigenvalue weighted by molar-refractivity contribution is 0.337. The summed E-state index contributed by atoms with van der Waals surface area (Å²) in [5, 5.41) is 5.54. The molecule has 0 heterocycles. The fourth-order valence-electron chi connectivity index (χ4n) is 5.51. The molecule has 0 aliphatic carbocycles. The Morgan fingerprint density at radius 3 is 1.25 bits per heavy atom. The smallest absolute Gasteiger partial charge is 0.128 e. The first kappa shape index (κ1) is 26.3. The van der Waals surface area contributed by atoms with Crippen LogP contribution in [0.15, 0.2) is 109 Å². The van der Waals surface area contributed by atoms with Gasteiger partial charge < -0.3 is 9.47 Å². The van der Waals surface area contributed by atoms with E-state index in [4.69, 9.17) is 32.7 Å². The summed E-state index contributed by atoms with van der Waals surface area (Å²) < 4.78 is 12.8. The summed E-state index contributed by atoms with van der Waals surface area (Å²) >= 11 is 13.2. The molecule has 6 aromatic rings. The Kier molecular flexibility index (Phi) is 7.38. The number of rotatable bonds is 7. The standard InChI is InChI=1S/C36H28Cl2O2/c1-3-39-33-21-29(23-11-7-5-8-12-23)31-19-25(37)15-17-27(31)35(33)36-28-18-16-26(38)20-32(28)30(22-34(36)40-4-2)24-13-9-6-10-14-24/h5-22H,3-4H2,1-2H3. The van der Waals surface area contributed by atoms with Crippen LogP contribution in [0.1, 0.15) is 13.8 Å². The Bertz CT molecular complexity index is 1690. The molecule has 0 N–H and O–H groups in total. The van der Waals surface area contributed by atoms with E-state index in [9.17, 15) is 0 Å². The van der Waals surface area contributed by atoms with E-state index >= 15 is 0 Å². The molecule has 0 bridgehead atoms. The summed E-state index contributed by atoms with van der Waals surface area (Å²) in [4.78, 5) is 0. The maximum Gasteiger partial charge on any atom is 0.128 e. The van der Waals surface area contributed by atoms with Gasteiger partial charge in [0, 0.05) is 21.2 Å². The zero-order valence-electron chi connectivity index (χ0n) is 22.4. The molecule has 0 aromatic heterocycles. The van der Waals surface area contributed by atoms with Crippen molar-refractivity contribution < 1.29 is 9.47 Å². The molecule has 0 fully saturated rings. The molecule has 0 aliphatic heterocycles. The SMILES string of the molecule is CCOc1cc(-c2ccccc2)c2cc(Cl)ccc2c1-c1c(OCC)cc(-c2ccccc2)c2cc(Cl)ccc12. The minimum absolute atomic E-state index is 0.524. The van der Waals surface area contributed by atoms with E-state index in [0.717, 1.165) is 66.4 Å². The zero-order chi connectivity index (χ0) is 27.6. The van der Waals surface area contributed by atoms with E-state index in [-0.39, 0.29) is 0 Å². The van der Waals surface area contributed by atoms with Gasteiger partial charge in [0.1, 0.15) is 11.5 Å². The van der Waals surface area contributed by atoms with E-state index in [1.165, 1.54) is 0 Å². The van der Waals surface area contributed by atoms with Crippen LogP contribution in [0.5, 0.6) is 11.5 Å². The van der Waals surface area contributed by atoms with Crippen LogP contribution >= 0.6 is 23.2 Å². The van der Waals surface area contributed by atoms with Crippen molar-refractivity contribution in [3.8, 4) is 44.9 Å². The fraction of sp³-hybridized carbons (Fsp3) is 0.111. The highest BCUT2D eigenvalue weighted by atomic mass is 35.5. The zero-order valence-corrected chi connectivity index (χ0v) is 23.9. The van der Waals surface area contributed by atoms with E-state index in [0.29, 0.717) is 23.3 Å². The van der Waals surface area contributed by atoms with Crippen LogP contribution in [0.4, 0.5) is 0 Å². The van der Waals surface area contributed by atoms with Gasteiger partial charge in [-0.15, -0.1) is 0 Å². The quantitative estimate of drug-likeness (QED) is 0.192. The van der Waals surface area contributed by atoms with Crippen molar-refractivity contribution in [3.63, 3.8) is 0 Å². The summed E-state index contributed by atoms with van der Waals surface area (Å²) in [6, 6.07) is 37.1. The van der Waals surface area contributed by atoms with Crippen molar-refractivity contribution in [3.05, 3.63) is 119 Å². The number of benzene rings is 6. The minimum atomic E-state index is 0.524. The predicted molar refractivity (Wildman–Crippen MR) is 170 cm³/mol. The molecule has 2 nitrogen and oxygen atoms in total. The van der Waals surface area contributed by atoms with Crippen molar-refractivity contribution in [1.82, 2.24) is 0 Å². The van der Waals surface area contributed by atoms with Gasteiger partial charge >= 0.3 is 0 Å². The fourth-order valence-corrected chi connectivity index (χ4v) is 5.85. The normalized spacial score (nSPS) is 11.2. The predicted octanol–water partition coefficient (Wildman–Crippen LogP) is 11.1. The maximum atomic E-state index is 6.59. The van der Waals surface area contributed by atoms with Crippen LogP contribution in [-0.2, 0) is 0 Å². The lowest BCUT2D eigenvalue weighted by Crippen LogP contribution is -2.01. The number of hydrogen-bond acceptors (Lipinski definition) is 2. The second-order valence-corrected chi connectivity index (χ2v) is 10.4. The topological polar surface area (TPSA) is 18.5 Å². The molecule has 0 amide bonds. The number of hydrogen-bond donors (Lipinski definition) is 0. The third-order valence-electron chi connectivity index (χ3n) is 7.15. The Morgan fingerprint density at radius 1 is 0.475 bits per heavy atom. The minimum Gasteiger partial charge on any atom is -0.493 e. The van der Waals surface area contributed by atoms with E-state index in [1.807, 2.05) is 74.5 Å². The first-order chi connectivity index (χ1) is 19.6. The van der Waals surface area contributed by atoms with E-state index in [1.54, 1.807) is 0 Å². The molecule has 6 rings (SSSR count). The molecule has 198 valence electrons. The summed E-state index contributed by atoms with van der Waals surface area (Å²) in [6.45, 7) is 5.07. The summed E-state index contributed by atoms with van der Waals surface area (Å²) in [5.41, 5.74) is 6.28. The summed E-state index contributed by atoms with van der Waals surface area (Å²) in [5.74, 6) is 1.58. The molecule has 4 heteroatoms. The van der Waals surface area contributed by atoms with Gasteiger partial charge in [-0.1, -0.05) is 96.0 Å². The Balaban J connectivity index is 1.77. The first-order valence-electron chi connectivity index (χ1n) is 13.5. The molecule has 0 unspecified atom stereocenters. The van der Waals surface area contributed by atoms with Crippen molar-refractivity contribution >= 4 is 44.7 Å². The largest absolute Gasteiger partial charge is 0.493 e. The Hall–Kier alpha value is -3.98. The molecule has 0 radical (unpaired) electrons. The molecule has 0 spiro atoms. The summed E-state index contributed by atoms with van der Waals surface area (Å²) in [6.07, 6.45) is 0. The van der Waals surface area contributed by atoms with Crippen molar-refractivity contribution in [2.75, 3.05) is 13.2 Å². The molecule has 0 aliphatic rings. The first-order valence-corrected chi connectivity index (χ1v) is 14.2. The van der Waals surface area contributed by atoms with Crippen LogP contribution in [0, 0.1) is 0 Å².